The van der Waals surface area contributed by atoms with Gasteiger partial charge in [-0.3, -0.25) is 0 Å². The fourth-order valence-electron chi connectivity index (χ4n) is 1.15. The van der Waals surface area contributed by atoms with Crippen LogP contribution in [0.4, 0.5) is 0 Å². The van der Waals surface area contributed by atoms with Crippen LogP contribution in [0.15, 0.2) is 24.8 Å². The molecule has 1 rings (SSSR count). The Labute approximate surface area is 103 Å². The zero-order valence-electron chi connectivity index (χ0n) is 10.4. The Balaban J connectivity index is 3.09. The molecule has 1 N–H and O–H groups in total. The molecule has 1 nitrogen and oxygen atoms in total. The normalized spacial score (nSPS) is 18.1. The van der Waals surface area contributed by atoms with E-state index in [1.807, 2.05) is 6.08 Å². The van der Waals surface area contributed by atoms with Gasteiger partial charge in [0.15, 0.2) is 0 Å². The van der Waals surface area contributed by atoms with Gasteiger partial charge in [0.05, 0.1) is 0 Å². The van der Waals surface area contributed by atoms with Crippen LogP contribution in [0, 0.1) is 10.8 Å². The van der Waals surface area contributed by atoms with E-state index in [9.17, 15) is 5.11 Å². The summed E-state index contributed by atoms with van der Waals surface area (Å²) in [6, 6.07) is 0. The second-order valence-electron chi connectivity index (χ2n) is 5.95. The van der Waals surface area contributed by atoms with Gasteiger partial charge in [-0.2, -0.15) is 0 Å². The Morgan fingerprint density at radius 2 is 1.60 bits per heavy atom. The van der Waals surface area contributed by atoms with E-state index in [4.69, 9.17) is 0 Å². The van der Waals surface area contributed by atoms with Crippen molar-refractivity contribution in [2.45, 2.75) is 41.5 Å². The van der Waals surface area contributed by atoms with E-state index >= 15 is 0 Å². The first-order chi connectivity index (χ1) is 6.60. The summed E-state index contributed by atoms with van der Waals surface area (Å²) in [4.78, 5) is 0. The molecule has 2 heteroatoms. The van der Waals surface area contributed by atoms with Gasteiger partial charge in [-0.25, -0.2) is 0 Å². The minimum absolute atomic E-state index is 0.140. The summed E-state index contributed by atoms with van der Waals surface area (Å²) in [5, 5.41) is 9.71. The molecule has 15 heavy (non-hydrogen) atoms. The number of hydrogen-bond donors (Lipinski definition) is 1. The van der Waals surface area contributed by atoms with Crippen molar-refractivity contribution in [3.05, 3.63) is 24.8 Å². The SMILES string of the molecule is CC(C)(C)C1=C=C(O)C=C(C(C)(C)C)[Te]1. The number of aliphatic hydroxyl groups is 1. The van der Waals surface area contributed by atoms with Crippen molar-refractivity contribution >= 4 is 20.9 Å². The van der Waals surface area contributed by atoms with Gasteiger partial charge in [-0.15, -0.1) is 0 Å². The molecular formula is C13H20OTe. The molecule has 1 heterocycles. The second-order valence-corrected chi connectivity index (χ2v) is 8.95. The van der Waals surface area contributed by atoms with Crippen LogP contribution in [0.25, 0.3) is 0 Å². The molecule has 0 fully saturated rings. The van der Waals surface area contributed by atoms with E-state index in [1.54, 1.807) is 0 Å². The molecule has 0 aromatic rings. The first-order valence-electron chi connectivity index (χ1n) is 5.21. The Kier molecular flexibility index (Phi) is 3.46. The number of rotatable bonds is 0. The zero-order chi connectivity index (χ0) is 11.9. The van der Waals surface area contributed by atoms with Gasteiger partial charge in [-0.05, 0) is 0 Å². The molecule has 0 aromatic carbocycles. The number of allylic oxidation sites excluding steroid dienone is 2. The average molecular weight is 320 g/mol. The summed E-state index contributed by atoms with van der Waals surface area (Å²) in [5.74, 6) is 0.307. The third-order valence-electron chi connectivity index (χ3n) is 2.14. The average Bonchev–Trinajstić information content (AvgIpc) is 1.99. The summed E-state index contributed by atoms with van der Waals surface area (Å²) in [6.45, 7) is 13.2. The van der Waals surface area contributed by atoms with Crippen molar-refractivity contribution in [3.63, 3.8) is 0 Å². The summed E-state index contributed by atoms with van der Waals surface area (Å²) in [7, 11) is 0. The van der Waals surface area contributed by atoms with E-state index in [1.165, 1.54) is 7.24 Å². The summed E-state index contributed by atoms with van der Waals surface area (Å²) in [5.41, 5.74) is 3.44. The molecule has 84 valence electrons. The van der Waals surface area contributed by atoms with Crippen molar-refractivity contribution in [1.82, 2.24) is 0 Å². The van der Waals surface area contributed by atoms with Crippen molar-refractivity contribution in [2.75, 3.05) is 0 Å². The van der Waals surface area contributed by atoms with Crippen molar-refractivity contribution in [1.29, 1.82) is 0 Å². The maximum absolute atomic E-state index is 9.71. The Morgan fingerprint density at radius 3 is 2.00 bits per heavy atom. The van der Waals surface area contributed by atoms with Crippen LogP contribution in [0.3, 0.4) is 0 Å². The molecule has 0 saturated carbocycles. The van der Waals surface area contributed by atoms with Gasteiger partial charge >= 0.3 is 103 Å². The van der Waals surface area contributed by atoms with Gasteiger partial charge in [0.1, 0.15) is 0 Å². The van der Waals surface area contributed by atoms with E-state index < -0.39 is 0 Å². The van der Waals surface area contributed by atoms with Crippen LogP contribution in [0.1, 0.15) is 41.5 Å². The van der Waals surface area contributed by atoms with Crippen molar-refractivity contribution in [2.24, 2.45) is 10.8 Å². The van der Waals surface area contributed by atoms with Crippen LogP contribution in [0.5, 0.6) is 0 Å². The summed E-state index contributed by atoms with van der Waals surface area (Å²) in [6.07, 6.45) is 1.91. The van der Waals surface area contributed by atoms with Crippen molar-refractivity contribution < 1.29 is 5.11 Å². The first-order valence-corrected chi connectivity index (χ1v) is 7.54. The molecule has 0 spiro atoms. The van der Waals surface area contributed by atoms with E-state index in [0.29, 0.717) is 5.76 Å². The zero-order valence-corrected chi connectivity index (χ0v) is 12.8. The number of aliphatic hydroxyl groups excluding tert-OH is 1. The van der Waals surface area contributed by atoms with Crippen LogP contribution in [-0.4, -0.2) is 26.0 Å². The van der Waals surface area contributed by atoms with Crippen LogP contribution in [-0.2, 0) is 0 Å². The third kappa shape index (κ3) is 3.42. The standard InChI is InChI=1S/C13H20OTe/c1-12(2,3)10-7-9(14)8-11(15-10)13(4,5)6/h7,14H,1-6H3. The Hall–Kier alpha value is -0.150. The fourth-order valence-corrected chi connectivity index (χ4v) is 4.46. The molecule has 1 aliphatic heterocycles. The third-order valence-corrected chi connectivity index (χ3v) is 7.48. The van der Waals surface area contributed by atoms with Gasteiger partial charge < -0.3 is 0 Å². The molecule has 0 aromatic heterocycles. The van der Waals surface area contributed by atoms with Gasteiger partial charge in [-0.1, -0.05) is 0 Å². The Bertz CT molecular complexity index is 355. The van der Waals surface area contributed by atoms with Crippen LogP contribution >= 0.6 is 0 Å². The predicted octanol–water partition coefficient (Wildman–Crippen LogP) is 3.61. The molecule has 0 unspecified atom stereocenters. The number of hydrogen-bond acceptors (Lipinski definition) is 1. The Morgan fingerprint density at radius 1 is 1.07 bits per heavy atom. The molecular weight excluding hydrogens is 300 g/mol. The maximum atomic E-state index is 9.71. The van der Waals surface area contributed by atoms with Gasteiger partial charge in [0, 0.05) is 0 Å². The second kappa shape index (κ2) is 4.02. The quantitative estimate of drug-likeness (QED) is 0.534. The molecule has 0 bridgehead atoms. The first kappa shape index (κ1) is 12.9. The summed E-state index contributed by atoms with van der Waals surface area (Å²) >= 11 is -0.332. The van der Waals surface area contributed by atoms with E-state index in [-0.39, 0.29) is 31.8 Å². The van der Waals surface area contributed by atoms with E-state index in [2.05, 4.69) is 47.3 Å². The molecule has 0 radical (unpaired) electrons. The van der Waals surface area contributed by atoms with Gasteiger partial charge in [0.2, 0.25) is 0 Å². The van der Waals surface area contributed by atoms with Crippen LogP contribution < -0.4 is 0 Å². The van der Waals surface area contributed by atoms with E-state index in [0.717, 1.165) is 0 Å². The van der Waals surface area contributed by atoms with Crippen LogP contribution in [0.2, 0.25) is 0 Å². The molecule has 1 aliphatic rings. The molecule has 0 atom stereocenters. The molecule has 0 saturated heterocycles. The topological polar surface area (TPSA) is 20.2 Å². The minimum atomic E-state index is -0.332. The van der Waals surface area contributed by atoms with Gasteiger partial charge in [0.25, 0.3) is 0 Å². The summed E-state index contributed by atoms with van der Waals surface area (Å²) < 4.78 is 2.73. The predicted molar refractivity (Wildman–Crippen MR) is 65.9 cm³/mol. The van der Waals surface area contributed by atoms with Crippen molar-refractivity contribution in [3.8, 4) is 0 Å². The fraction of sp³-hybridized carbons (Fsp3) is 0.615. The molecule has 0 aliphatic carbocycles. The monoisotopic (exact) mass is 322 g/mol. The molecule has 0 amide bonds.